The molecule has 0 aromatic rings. The number of hydrogen-bond donors (Lipinski definition) is 1. The molecule has 118 valence electrons. The maximum Gasteiger partial charge on any atom is 0.0593 e. The van der Waals surface area contributed by atoms with Crippen LogP contribution in [0.15, 0.2) is 0 Å². The molecule has 20 heavy (non-hydrogen) atoms. The summed E-state index contributed by atoms with van der Waals surface area (Å²) in [4.78, 5) is 2.49. The maximum absolute atomic E-state index is 5.77. The average molecular weight is 282 g/mol. The first-order chi connectivity index (χ1) is 9.63. The lowest BCUT2D eigenvalue weighted by Gasteiger charge is -2.42. The molecular weight excluding hydrogens is 248 g/mol. The fraction of sp³-hybridized carbons (Fsp3) is 1.00. The van der Waals surface area contributed by atoms with E-state index in [1.54, 1.807) is 0 Å². The summed E-state index contributed by atoms with van der Waals surface area (Å²) in [6.45, 7) is 7.75. The number of hydrogen-bond acceptors (Lipinski definition) is 3. The van der Waals surface area contributed by atoms with Crippen LogP contribution in [0.2, 0.25) is 0 Å². The third-order valence-electron chi connectivity index (χ3n) is 5.16. The Morgan fingerprint density at radius 1 is 1.20 bits per heavy atom. The summed E-state index contributed by atoms with van der Waals surface area (Å²) in [5.41, 5.74) is 0.493. The van der Waals surface area contributed by atoms with Crippen LogP contribution < -0.4 is 5.32 Å². The molecule has 0 aromatic carbocycles. The summed E-state index contributed by atoms with van der Waals surface area (Å²) in [7, 11) is 4.36. The van der Waals surface area contributed by atoms with Gasteiger partial charge in [-0.2, -0.15) is 0 Å². The van der Waals surface area contributed by atoms with Crippen molar-refractivity contribution in [2.45, 2.75) is 45.4 Å². The number of nitrogens with one attached hydrogen (secondary N) is 1. The van der Waals surface area contributed by atoms with Crippen molar-refractivity contribution in [1.82, 2.24) is 10.2 Å². The minimum absolute atomic E-state index is 0.493. The second kappa shape index (κ2) is 7.77. The maximum atomic E-state index is 5.77. The van der Waals surface area contributed by atoms with E-state index in [1.807, 2.05) is 0 Å². The van der Waals surface area contributed by atoms with Gasteiger partial charge in [-0.1, -0.05) is 19.8 Å². The molecule has 3 nitrogen and oxygen atoms in total. The Hall–Kier alpha value is -0.120. The molecule has 0 unspecified atom stereocenters. The van der Waals surface area contributed by atoms with Gasteiger partial charge in [0.05, 0.1) is 6.61 Å². The fourth-order valence-electron chi connectivity index (χ4n) is 3.55. The molecule has 0 bridgehead atoms. The Labute approximate surface area is 125 Å². The van der Waals surface area contributed by atoms with E-state index >= 15 is 0 Å². The molecule has 2 fully saturated rings. The van der Waals surface area contributed by atoms with Gasteiger partial charge in [0.15, 0.2) is 0 Å². The molecule has 2 rings (SSSR count). The highest BCUT2D eigenvalue weighted by Gasteiger charge is 2.34. The van der Waals surface area contributed by atoms with Crippen LogP contribution in [0.4, 0.5) is 0 Å². The molecule has 0 heterocycles. The second-order valence-corrected chi connectivity index (χ2v) is 7.47. The smallest absolute Gasteiger partial charge is 0.0593 e. The van der Waals surface area contributed by atoms with Crippen LogP contribution in [-0.4, -0.2) is 51.8 Å². The zero-order chi connectivity index (χ0) is 14.4. The first kappa shape index (κ1) is 16.3. The highest BCUT2D eigenvalue weighted by molar-refractivity contribution is 4.88. The number of rotatable bonds is 9. The van der Waals surface area contributed by atoms with Crippen molar-refractivity contribution in [3.8, 4) is 0 Å². The first-order valence-electron chi connectivity index (χ1n) is 8.54. The van der Waals surface area contributed by atoms with E-state index in [0.29, 0.717) is 5.41 Å². The molecule has 0 amide bonds. The molecule has 3 heteroatoms. The van der Waals surface area contributed by atoms with Crippen LogP contribution in [-0.2, 0) is 4.74 Å². The van der Waals surface area contributed by atoms with E-state index in [0.717, 1.165) is 38.1 Å². The van der Waals surface area contributed by atoms with Gasteiger partial charge in [-0.3, -0.25) is 0 Å². The molecule has 2 saturated carbocycles. The lowest BCUT2D eigenvalue weighted by atomic mass is 9.70. The topological polar surface area (TPSA) is 24.5 Å². The summed E-state index contributed by atoms with van der Waals surface area (Å²) >= 11 is 0. The van der Waals surface area contributed by atoms with Crippen LogP contribution in [0.25, 0.3) is 0 Å². The third kappa shape index (κ3) is 5.34. The van der Waals surface area contributed by atoms with Gasteiger partial charge in [-0.15, -0.1) is 0 Å². The fourth-order valence-corrected chi connectivity index (χ4v) is 3.55. The van der Waals surface area contributed by atoms with Gasteiger partial charge in [-0.05, 0) is 57.0 Å². The Morgan fingerprint density at radius 2 is 1.90 bits per heavy atom. The Kier molecular flexibility index (Phi) is 6.31. The second-order valence-electron chi connectivity index (χ2n) is 7.47. The lowest BCUT2D eigenvalue weighted by Crippen LogP contribution is -2.45. The molecular formula is C17H34N2O. The molecule has 0 spiro atoms. The predicted molar refractivity (Wildman–Crippen MR) is 85.0 cm³/mol. The summed E-state index contributed by atoms with van der Waals surface area (Å²) in [5.74, 6) is 1.81. The molecule has 0 aliphatic heterocycles. The third-order valence-corrected chi connectivity index (χ3v) is 5.16. The molecule has 2 aliphatic carbocycles. The standard InChI is InChI=1S/C17H34N2O/c1-15-6-8-17(9-7-15,13-18-2)14-19(3)10-11-20-12-16-4-5-16/h15-16,18H,4-14H2,1-3H3. The van der Waals surface area contributed by atoms with Gasteiger partial charge in [0.25, 0.3) is 0 Å². The Bertz CT molecular complexity index is 270. The lowest BCUT2D eigenvalue weighted by molar-refractivity contribution is 0.0666. The van der Waals surface area contributed by atoms with Crippen LogP contribution >= 0.6 is 0 Å². The molecule has 2 aliphatic rings. The van der Waals surface area contributed by atoms with Gasteiger partial charge in [-0.25, -0.2) is 0 Å². The molecule has 0 aromatic heterocycles. The van der Waals surface area contributed by atoms with Crippen LogP contribution in [0.1, 0.15) is 45.4 Å². The summed E-state index contributed by atoms with van der Waals surface area (Å²) in [6, 6.07) is 0. The minimum Gasteiger partial charge on any atom is -0.380 e. The average Bonchev–Trinajstić information content (AvgIpc) is 3.23. The molecule has 0 radical (unpaired) electrons. The normalized spacial score (nSPS) is 30.9. The predicted octanol–water partition coefficient (Wildman–Crippen LogP) is 2.76. The summed E-state index contributed by atoms with van der Waals surface area (Å²) in [6.07, 6.45) is 8.32. The van der Waals surface area contributed by atoms with Gasteiger partial charge in [0.1, 0.15) is 0 Å². The summed E-state index contributed by atoms with van der Waals surface area (Å²) < 4.78 is 5.77. The monoisotopic (exact) mass is 282 g/mol. The van der Waals surface area contributed by atoms with Crippen molar-refractivity contribution >= 4 is 0 Å². The Balaban J connectivity index is 1.68. The van der Waals surface area contributed by atoms with E-state index in [2.05, 4.69) is 31.2 Å². The van der Waals surface area contributed by atoms with Gasteiger partial charge in [0.2, 0.25) is 0 Å². The van der Waals surface area contributed by atoms with Crippen molar-refractivity contribution in [1.29, 1.82) is 0 Å². The number of nitrogens with zero attached hydrogens (tertiary/aromatic N) is 1. The van der Waals surface area contributed by atoms with Crippen molar-refractivity contribution in [3.05, 3.63) is 0 Å². The minimum atomic E-state index is 0.493. The molecule has 1 N–H and O–H groups in total. The molecule has 0 atom stereocenters. The molecule has 0 saturated heterocycles. The highest BCUT2D eigenvalue weighted by atomic mass is 16.5. The zero-order valence-corrected chi connectivity index (χ0v) is 13.8. The highest BCUT2D eigenvalue weighted by Crippen LogP contribution is 2.38. The SMILES string of the molecule is CNCC1(CN(C)CCOCC2CC2)CCC(C)CC1. The van der Waals surface area contributed by atoms with Crippen molar-refractivity contribution in [2.75, 3.05) is 46.9 Å². The van der Waals surface area contributed by atoms with Gasteiger partial charge >= 0.3 is 0 Å². The van der Waals surface area contributed by atoms with E-state index in [4.69, 9.17) is 4.74 Å². The zero-order valence-electron chi connectivity index (χ0n) is 13.8. The van der Waals surface area contributed by atoms with Gasteiger partial charge in [0, 0.05) is 26.2 Å². The van der Waals surface area contributed by atoms with Crippen molar-refractivity contribution in [2.24, 2.45) is 17.3 Å². The number of likely N-dealkylation sites (N-methyl/N-ethyl adjacent to an activating group) is 1. The van der Waals surface area contributed by atoms with Crippen LogP contribution in [0.3, 0.4) is 0 Å². The summed E-state index contributed by atoms with van der Waals surface area (Å²) in [5, 5.41) is 3.43. The van der Waals surface area contributed by atoms with Crippen LogP contribution in [0, 0.1) is 17.3 Å². The van der Waals surface area contributed by atoms with Crippen molar-refractivity contribution < 1.29 is 4.74 Å². The van der Waals surface area contributed by atoms with E-state index in [9.17, 15) is 0 Å². The number of ether oxygens (including phenoxy) is 1. The van der Waals surface area contributed by atoms with E-state index < -0.39 is 0 Å². The van der Waals surface area contributed by atoms with Crippen LogP contribution in [0.5, 0.6) is 0 Å². The van der Waals surface area contributed by atoms with E-state index in [-0.39, 0.29) is 0 Å². The largest absolute Gasteiger partial charge is 0.380 e. The quantitative estimate of drug-likeness (QED) is 0.658. The Morgan fingerprint density at radius 3 is 2.50 bits per heavy atom. The van der Waals surface area contributed by atoms with Crippen molar-refractivity contribution in [3.63, 3.8) is 0 Å². The van der Waals surface area contributed by atoms with Gasteiger partial charge < -0.3 is 15.0 Å². The van der Waals surface area contributed by atoms with E-state index in [1.165, 1.54) is 45.1 Å². The first-order valence-corrected chi connectivity index (χ1v) is 8.54.